The summed E-state index contributed by atoms with van der Waals surface area (Å²) in [7, 11) is 3.06. The zero-order valence-electron chi connectivity index (χ0n) is 18.6. The molecule has 172 valence electrons. The van der Waals surface area contributed by atoms with Crippen LogP contribution in [0.3, 0.4) is 0 Å². The molecule has 0 fully saturated rings. The van der Waals surface area contributed by atoms with E-state index >= 15 is 0 Å². The highest BCUT2D eigenvalue weighted by Gasteiger charge is 2.13. The van der Waals surface area contributed by atoms with Gasteiger partial charge in [0.15, 0.2) is 23.0 Å². The number of hydrogen-bond donors (Lipinski definition) is 1. The molecule has 1 amide bonds. The van der Waals surface area contributed by atoms with Gasteiger partial charge in [-0.05, 0) is 71.0 Å². The fourth-order valence-corrected chi connectivity index (χ4v) is 3.78. The van der Waals surface area contributed by atoms with E-state index in [4.69, 9.17) is 18.9 Å². The molecule has 0 bridgehead atoms. The van der Waals surface area contributed by atoms with Crippen LogP contribution in [0, 0.1) is 3.57 Å². The third-order valence-corrected chi connectivity index (χ3v) is 5.38. The van der Waals surface area contributed by atoms with Crippen molar-refractivity contribution >= 4 is 34.7 Å². The van der Waals surface area contributed by atoms with Crippen LogP contribution in [-0.4, -0.2) is 32.9 Å². The molecule has 0 aliphatic carbocycles. The molecule has 33 heavy (non-hydrogen) atoms. The fourth-order valence-electron chi connectivity index (χ4n) is 3.00. The average Bonchev–Trinajstić information content (AvgIpc) is 2.83. The van der Waals surface area contributed by atoms with E-state index in [1.807, 2.05) is 49.4 Å². The SMILES string of the molecule is CCOc1cc(/C=N/NC(=O)c2ccc(OC)c(OC)c2)cc(I)c1OCc1ccccc1. The Hall–Kier alpha value is -3.27. The number of benzene rings is 3. The molecule has 0 saturated heterocycles. The average molecular weight is 560 g/mol. The minimum absolute atomic E-state index is 0.366. The first-order chi connectivity index (χ1) is 16.0. The van der Waals surface area contributed by atoms with E-state index in [0.717, 1.165) is 14.7 Å². The van der Waals surface area contributed by atoms with Crippen molar-refractivity contribution in [3.63, 3.8) is 0 Å². The number of rotatable bonds is 10. The van der Waals surface area contributed by atoms with Gasteiger partial charge in [-0.15, -0.1) is 0 Å². The molecule has 0 aliphatic heterocycles. The van der Waals surface area contributed by atoms with Crippen molar-refractivity contribution in [3.05, 3.63) is 80.9 Å². The molecular weight excluding hydrogens is 535 g/mol. The first-order valence-electron chi connectivity index (χ1n) is 10.2. The lowest BCUT2D eigenvalue weighted by molar-refractivity contribution is 0.0954. The summed E-state index contributed by atoms with van der Waals surface area (Å²) in [5.74, 6) is 1.94. The van der Waals surface area contributed by atoms with Crippen molar-refractivity contribution in [1.29, 1.82) is 0 Å². The lowest BCUT2D eigenvalue weighted by Gasteiger charge is -2.14. The summed E-state index contributed by atoms with van der Waals surface area (Å²) < 4.78 is 23.1. The molecule has 0 unspecified atom stereocenters. The number of hydrogen-bond acceptors (Lipinski definition) is 6. The molecule has 0 aliphatic rings. The molecular formula is C25H25IN2O5. The predicted molar refractivity (Wildman–Crippen MR) is 136 cm³/mol. The first kappa shape index (κ1) is 24.4. The van der Waals surface area contributed by atoms with Gasteiger partial charge in [0.05, 0.1) is 30.6 Å². The Labute approximate surface area is 206 Å². The Morgan fingerprint density at radius 1 is 0.970 bits per heavy atom. The molecule has 3 rings (SSSR count). The zero-order chi connectivity index (χ0) is 23.6. The topological polar surface area (TPSA) is 78.4 Å². The molecule has 0 aromatic heterocycles. The van der Waals surface area contributed by atoms with Gasteiger partial charge in [0.25, 0.3) is 5.91 Å². The van der Waals surface area contributed by atoms with Gasteiger partial charge in [-0.3, -0.25) is 4.79 Å². The summed E-state index contributed by atoms with van der Waals surface area (Å²) >= 11 is 2.20. The van der Waals surface area contributed by atoms with Crippen molar-refractivity contribution in [3.8, 4) is 23.0 Å². The van der Waals surface area contributed by atoms with Crippen LogP contribution in [0.25, 0.3) is 0 Å². The largest absolute Gasteiger partial charge is 0.493 e. The number of hydrazone groups is 1. The highest BCUT2D eigenvalue weighted by Crippen LogP contribution is 2.34. The molecule has 3 aromatic carbocycles. The van der Waals surface area contributed by atoms with Gasteiger partial charge >= 0.3 is 0 Å². The lowest BCUT2D eigenvalue weighted by atomic mass is 10.2. The van der Waals surface area contributed by atoms with Crippen LogP contribution in [0.15, 0.2) is 65.8 Å². The maximum atomic E-state index is 12.4. The Morgan fingerprint density at radius 3 is 2.42 bits per heavy atom. The first-order valence-corrected chi connectivity index (χ1v) is 11.3. The van der Waals surface area contributed by atoms with E-state index < -0.39 is 0 Å². The monoisotopic (exact) mass is 560 g/mol. The van der Waals surface area contributed by atoms with Crippen LogP contribution >= 0.6 is 22.6 Å². The summed E-state index contributed by atoms with van der Waals surface area (Å²) in [5, 5.41) is 4.09. The van der Waals surface area contributed by atoms with E-state index in [0.29, 0.717) is 41.8 Å². The van der Waals surface area contributed by atoms with Crippen molar-refractivity contribution in [1.82, 2.24) is 5.43 Å². The van der Waals surface area contributed by atoms with Crippen molar-refractivity contribution in [2.24, 2.45) is 5.10 Å². The van der Waals surface area contributed by atoms with E-state index in [1.165, 1.54) is 14.2 Å². The lowest BCUT2D eigenvalue weighted by Crippen LogP contribution is -2.17. The molecule has 0 spiro atoms. The molecule has 0 atom stereocenters. The second kappa shape index (κ2) is 12.1. The number of carbonyl (C=O) groups excluding carboxylic acids is 1. The van der Waals surface area contributed by atoms with Crippen LogP contribution in [0.5, 0.6) is 23.0 Å². The Kier molecular flexibility index (Phi) is 8.94. The van der Waals surface area contributed by atoms with Gasteiger partial charge in [-0.1, -0.05) is 30.3 Å². The molecule has 0 saturated carbocycles. The number of nitrogens with one attached hydrogen (secondary N) is 1. The van der Waals surface area contributed by atoms with E-state index in [1.54, 1.807) is 24.4 Å². The summed E-state index contributed by atoms with van der Waals surface area (Å²) in [5.41, 5.74) is 4.76. The molecule has 0 heterocycles. The van der Waals surface area contributed by atoms with Gasteiger partial charge in [-0.25, -0.2) is 5.43 Å². The third kappa shape index (κ3) is 6.61. The highest BCUT2D eigenvalue weighted by molar-refractivity contribution is 14.1. The van der Waals surface area contributed by atoms with Gasteiger partial charge in [0, 0.05) is 5.56 Å². The Bertz CT molecular complexity index is 1120. The van der Waals surface area contributed by atoms with E-state index in [-0.39, 0.29) is 5.91 Å². The van der Waals surface area contributed by atoms with Crippen LogP contribution in [0.1, 0.15) is 28.4 Å². The van der Waals surface area contributed by atoms with Crippen LogP contribution in [0.4, 0.5) is 0 Å². The maximum absolute atomic E-state index is 12.4. The Morgan fingerprint density at radius 2 is 1.73 bits per heavy atom. The summed E-state index contributed by atoms with van der Waals surface area (Å²) in [6.45, 7) is 2.85. The van der Waals surface area contributed by atoms with Crippen molar-refractivity contribution in [2.45, 2.75) is 13.5 Å². The second-order valence-corrected chi connectivity index (χ2v) is 7.97. The number of methoxy groups -OCH3 is 2. The standard InChI is InChI=1S/C25H25IN2O5/c1-4-32-23-13-18(12-20(26)24(23)33-16-17-8-6-5-7-9-17)15-27-28-25(29)19-10-11-21(30-2)22(14-19)31-3/h5-15H,4,16H2,1-3H3,(H,28,29)/b27-15+. The molecule has 0 radical (unpaired) electrons. The van der Waals surface area contributed by atoms with Gasteiger partial charge in [0.1, 0.15) is 6.61 Å². The van der Waals surface area contributed by atoms with E-state index in [9.17, 15) is 4.79 Å². The minimum atomic E-state index is -0.366. The molecule has 7 nitrogen and oxygen atoms in total. The number of nitrogens with zero attached hydrogens (tertiary/aromatic N) is 1. The Balaban J connectivity index is 1.71. The fraction of sp³-hybridized carbons (Fsp3) is 0.200. The second-order valence-electron chi connectivity index (χ2n) is 6.81. The number of carbonyl (C=O) groups is 1. The predicted octanol–water partition coefficient (Wildman–Crippen LogP) is 5.05. The summed E-state index contributed by atoms with van der Waals surface area (Å²) in [6, 6.07) is 18.6. The molecule has 8 heteroatoms. The van der Waals surface area contributed by atoms with Crippen molar-refractivity contribution < 1.29 is 23.7 Å². The van der Waals surface area contributed by atoms with Gasteiger partial charge in [0.2, 0.25) is 0 Å². The van der Waals surface area contributed by atoms with Crippen LogP contribution in [-0.2, 0) is 6.61 Å². The number of amides is 1. The minimum Gasteiger partial charge on any atom is -0.493 e. The van der Waals surface area contributed by atoms with Gasteiger partial charge < -0.3 is 18.9 Å². The number of halogens is 1. The van der Waals surface area contributed by atoms with Crippen LogP contribution in [0.2, 0.25) is 0 Å². The smallest absolute Gasteiger partial charge is 0.271 e. The molecule has 1 N–H and O–H groups in total. The summed E-state index contributed by atoms with van der Waals surface area (Å²) in [4.78, 5) is 12.4. The van der Waals surface area contributed by atoms with Crippen molar-refractivity contribution in [2.75, 3.05) is 20.8 Å². The zero-order valence-corrected chi connectivity index (χ0v) is 20.8. The number of ether oxygens (including phenoxy) is 4. The van der Waals surface area contributed by atoms with Crippen LogP contribution < -0.4 is 24.4 Å². The summed E-state index contributed by atoms with van der Waals surface area (Å²) in [6.07, 6.45) is 1.56. The van der Waals surface area contributed by atoms with Gasteiger partial charge in [-0.2, -0.15) is 5.10 Å². The normalized spacial score (nSPS) is 10.7. The molecule has 3 aromatic rings. The maximum Gasteiger partial charge on any atom is 0.271 e. The third-order valence-electron chi connectivity index (χ3n) is 4.58. The quantitative estimate of drug-likeness (QED) is 0.213. The highest BCUT2D eigenvalue weighted by atomic mass is 127. The van der Waals surface area contributed by atoms with E-state index in [2.05, 4.69) is 33.1 Å².